The summed E-state index contributed by atoms with van der Waals surface area (Å²) in [5, 5.41) is 27.8. The van der Waals surface area contributed by atoms with Crippen LogP contribution in [0.2, 0.25) is 0 Å². The average Bonchev–Trinajstić information content (AvgIpc) is 1.79. The van der Waals surface area contributed by atoms with Crippen LogP contribution < -0.4 is 27.4 Å². The number of primary amides is 2. The number of carbonyl (C=O) groups excluding carboxylic acids is 6. The summed E-state index contributed by atoms with van der Waals surface area (Å²) >= 11 is 0. The first-order valence-corrected chi connectivity index (χ1v) is 25.4. The van der Waals surface area contributed by atoms with Gasteiger partial charge in [-0.15, -0.1) is 0 Å². The van der Waals surface area contributed by atoms with Gasteiger partial charge in [-0.2, -0.15) is 69.8 Å². The number of carbonyl (C=O) groups is 6. The molecule has 1 unspecified atom stereocenters. The molecule has 480 valence electrons. The number of nitrogens with two attached hydrogens (primary N) is 2. The smallest absolute Gasteiger partial charge is 0.435 e. The van der Waals surface area contributed by atoms with Crippen LogP contribution in [0.3, 0.4) is 0 Å². The fourth-order valence-electron chi connectivity index (χ4n) is 7.77. The van der Waals surface area contributed by atoms with Crippen LogP contribution in [0.1, 0.15) is 104 Å². The van der Waals surface area contributed by atoms with E-state index < -0.39 is 143 Å². The molecule has 39 heteroatoms. The number of methoxy groups -OCH3 is 1. The third-order valence-corrected chi connectivity index (χ3v) is 12.0. The standard InChI is InChI=1S/C18H15F4N5O4.2C17H14F4N6O3/c1-27-12(8-13(25-27)18(20,21)22)16(29)23-11(7-14(28)30-2)17-24-15(26-31-17)9-4-3-5-10(19)6-9;2*1-27-11(7-12(25-27)17(19,20)21)15(29)23-10(6-13(22)28)16-24-14(26-30-16)8-3-2-4-9(18)5-8/h3-6,8,11H,7H2,1-2H3,(H,23,29);2*2-5,7,10H,6H2,1H3,(H2,22,28)(H,23,29)/t;2*10-/m.10/s1. The van der Waals surface area contributed by atoms with E-state index in [0.29, 0.717) is 18.2 Å². The van der Waals surface area contributed by atoms with E-state index in [4.69, 9.17) is 25.0 Å². The van der Waals surface area contributed by atoms with E-state index in [1.165, 1.54) is 54.6 Å². The summed E-state index contributed by atoms with van der Waals surface area (Å²) in [5.74, 6) is -7.74. The minimum absolute atomic E-state index is 0.0153. The second-order valence-electron chi connectivity index (χ2n) is 18.7. The number of benzene rings is 3. The lowest BCUT2D eigenvalue weighted by Crippen LogP contribution is -2.33. The first-order chi connectivity index (χ1) is 42.7. The SMILES string of the molecule is COC(=O)CC(NC(=O)c1cc(C(F)(F)F)nn1C)c1nc(-c2cccc(F)c2)no1.Cn1nc(C(F)(F)F)cc1C(=O)N[C@@H](CC(N)=O)c1nc(-c2cccc(F)c2)no1.Cn1nc(C(F)(F)F)cc1C(=O)N[C@H](CC(N)=O)c1nc(-c2cccc(F)c2)no1. The van der Waals surface area contributed by atoms with E-state index in [2.05, 4.69) is 66.4 Å². The van der Waals surface area contributed by atoms with Crippen LogP contribution in [0.15, 0.2) is 105 Å². The van der Waals surface area contributed by atoms with E-state index in [1.54, 1.807) is 0 Å². The maximum atomic E-state index is 13.4. The van der Waals surface area contributed by atoms with Crippen molar-refractivity contribution in [2.24, 2.45) is 32.6 Å². The quantitative estimate of drug-likeness (QED) is 0.0445. The summed E-state index contributed by atoms with van der Waals surface area (Å²) in [5.41, 5.74) is 6.17. The molecule has 0 spiro atoms. The van der Waals surface area contributed by atoms with Gasteiger partial charge in [-0.1, -0.05) is 51.9 Å². The number of aromatic nitrogens is 12. The molecule has 3 aromatic carbocycles. The minimum Gasteiger partial charge on any atom is -0.469 e. The maximum Gasteiger partial charge on any atom is 0.435 e. The molecular formula is C52H43F12N17O10. The van der Waals surface area contributed by atoms with E-state index in [9.17, 15) is 81.5 Å². The Balaban J connectivity index is 0.000000194. The molecule has 0 aliphatic carbocycles. The van der Waals surface area contributed by atoms with Gasteiger partial charge in [0.1, 0.15) is 52.7 Å². The lowest BCUT2D eigenvalue weighted by atomic mass is 10.1. The molecular weight excluding hydrogens is 1250 g/mol. The fourth-order valence-corrected chi connectivity index (χ4v) is 7.77. The Morgan fingerprint density at radius 3 is 0.978 bits per heavy atom. The molecule has 5 amide bonds. The number of halogens is 12. The molecule has 6 aromatic heterocycles. The molecule has 0 saturated heterocycles. The van der Waals surface area contributed by atoms with E-state index in [0.717, 1.165) is 60.5 Å². The van der Waals surface area contributed by atoms with Crippen LogP contribution in [-0.4, -0.2) is 102 Å². The summed E-state index contributed by atoms with van der Waals surface area (Å²) in [6, 6.07) is 13.9. The normalized spacial score (nSPS) is 12.5. The molecule has 0 fully saturated rings. The molecule has 9 rings (SSSR count). The van der Waals surface area contributed by atoms with Crippen LogP contribution in [0.5, 0.6) is 0 Å². The van der Waals surface area contributed by atoms with Gasteiger partial charge in [0.25, 0.3) is 17.7 Å². The molecule has 0 bridgehead atoms. The highest BCUT2D eigenvalue weighted by molar-refractivity contribution is 5.94. The van der Waals surface area contributed by atoms with Gasteiger partial charge in [0, 0.05) is 56.0 Å². The number of nitrogens with one attached hydrogen (secondary N) is 3. The maximum absolute atomic E-state index is 13.4. The summed E-state index contributed by atoms with van der Waals surface area (Å²) in [6.45, 7) is 0. The van der Waals surface area contributed by atoms with Crippen molar-refractivity contribution in [3.05, 3.63) is 160 Å². The van der Waals surface area contributed by atoms with Gasteiger partial charge in [0.2, 0.25) is 47.0 Å². The molecule has 0 radical (unpaired) electrons. The highest BCUT2D eigenvalue weighted by Crippen LogP contribution is 2.32. The number of esters is 1. The topological polar surface area (TPSA) is 370 Å². The second kappa shape index (κ2) is 27.8. The van der Waals surface area contributed by atoms with Gasteiger partial charge >= 0.3 is 24.5 Å². The van der Waals surface area contributed by atoms with Crippen LogP contribution in [0, 0.1) is 17.5 Å². The van der Waals surface area contributed by atoms with Gasteiger partial charge in [-0.05, 0) is 36.4 Å². The fraction of sp³-hybridized carbons (Fsp3) is 0.250. The Bertz CT molecular complexity index is 3940. The summed E-state index contributed by atoms with van der Waals surface area (Å²) in [4.78, 5) is 84.1. The predicted molar refractivity (Wildman–Crippen MR) is 279 cm³/mol. The van der Waals surface area contributed by atoms with Crippen molar-refractivity contribution in [3.63, 3.8) is 0 Å². The number of aryl methyl sites for hydroxylation is 3. The number of alkyl halides is 9. The highest BCUT2D eigenvalue weighted by Gasteiger charge is 2.39. The van der Waals surface area contributed by atoms with Crippen LogP contribution in [-0.2, 0) is 58.8 Å². The zero-order chi connectivity index (χ0) is 66.9. The van der Waals surface area contributed by atoms with E-state index in [-0.39, 0.29) is 51.8 Å². The third kappa shape index (κ3) is 17.7. The summed E-state index contributed by atoms with van der Waals surface area (Å²) < 4.78 is 178. The molecule has 3 atom stereocenters. The van der Waals surface area contributed by atoms with E-state index >= 15 is 0 Å². The predicted octanol–water partition coefficient (Wildman–Crippen LogP) is 6.61. The van der Waals surface area contributed by atoms with Crippen molar-refractivity contribution in [1.82, 2.24) is 75.7 Å². The van der Waals surface area contributed by atoms with E-state index in [1.807, 2.05) is 0 Å². The van der Waals surface area contributed by atoms with Crippen LogP contribution in [0.25, 0.3) is 34.2 Å². The monoisotopic (exact) mass is 1290 g/mol. The first-order valence-electron chi connectivity index (χ1n) is 25.4. The Labute approximate surface area is 500 Å². The van der Waals surface area contributed by atoms with Gasteiger partial charge in [-0.3, -0.25) is 42.8 Å². The van der Waals surface area contributed by atoms with Crippen molar-refractivity contribution >= 4 is 35.5 Å². The van der Waals surface area contributed by atoms with Crippen LogP contribution >= 0.6 is 0 Å². The lowest BCUT2D eigenvalue weighted by Gasteiger charge is -2.13. The Kier molecular flexibility index (Phi) is 20.5. The Morgan fingerprint density at radius 2 is 0.747 bits per heavy atom. The number of ether oxygens (including phenoxy) is 1. The van der Waals surface area contributed by atoms with Crippen molar-refractivity contribution in [2.45, 2.75) is 55.9 Å². The summed E-state index contributed by atoms with van der Waals surface area (Å²) in [6.07, 6.45) is -15.6. The number of rotatable bonds is 18. The van der Waals surface area contributed by atoms with Crippen molar-refractivity contribution in [1.29, 1.82) is 0 Å². The van der Waals surface area contributed by atoms with Gasteiger partial charge in [-0.25, -0.2) is 13.2 Å². The molecule has 27 nitrogen and oxygen atoms in total. The largest absolute Gasteiger partial charge is 0.469 e. The zero-order valence-corrected chi connectivity index (χ0v) is 46.7. The molecule has 0 saturated carbocycles. The second-order valence-corrected chi connectivity index (χ2v) is 18.7. The molecule has 0 aliphatic heterocycles. The van der Waals surface area contributed by atoms with Gasteiger partial charge < -0.3 is 45.7 Å². The number of hydrogen-bond donors (Lipinski definition) is 5. The van der Waals surface area contributed by atoms with Crippen LogP contribution in [0.4, 0.5) is 52.7 Å². The lowest BCUT2D eigenvalue weighted by molar-refractivity contribution is -0.142. The Morgan fingerprint density at radius 1 is 0.473 bits per heavy atom. The number of nitrogens with zero attached hydrogens (tertiary/aromatic N) is 12. The van der Waals surface area contributed by atoms with Gasteiger partial charge in [0.05, 0.1) is 26.4 Å². The molecule has 6 heterocycles. The molecule has 7 N–H and O–H groups in total. The first kappa shape index (κ1) is 67.2. The van der Waals surface area contributed by atoms with Crippen molar-refractivity contribution in [3.8, 4) is 34.2 Å². The number of hydrogen-bond acceptors (Lipinski definition) is 19. The van der Waals surface area contributed by atoms with Crippen molar-refractivity contribution < 1.29 is 99.8 Å². The summed E-state index contributed by atoms with van der Waals surface area (Å²) in [7, 11) is 4.59. The molecule has 91 heavy (non-hydrogen) atoms. The van der Waals surface area contributed by atoms with Crippen molar-refractivity contribution in [2.75, 3.05) is 7.11 Å². The van der Waals surface area contributed by atoms with Gasteiger partial charge in [0.15, 0.2) is 17.1 Å². The molecule has 0 aliphatic rings. The minimum atomic E-state index is -4.74. The average molecular weight is 1290 g/mol. The number of amides is 5. The Hall–Kier alpha value is -11.3. The molecule has 9 aromatic rings. The highest BCUT2D eigenvalue weighted by atomic mass is 19.4. The third-order valence-electron chi connectivity index (χ3n) is 12.0. The zero-order valence-electron chi connectivity index (χ0n) is 46.7.